The third kappa shape index (κ3) is 1.40. The van der Waals surface area contributed by atoms with E-state index >= 15 is 0 Å². The Balaban J connectivity index is 5.04. The minimum absolute atomic E-state index is 0.268. The molecule has 0 saturated heterocycles. The number of aliphatic hydroxyl groups is 3. The molecule has 6 nitrogen and oxygen atoms in total. The number of carbonyl (C=O) groups excluding carboxylic acids is 3. The van der Waals surface area contributed by atoms with Gasteiger partial charge < -0.3 is 15.3 Å². The van der Waals surface area contributed by atoms with Crippen molar-refractivity contribution in [2.75, 3.05) is 6.61 Å². The summed E-state index contributed by atoms with van der Waals surface area (Å²) in [6.45, 7) is -1.22. The van der Waals surface area contributed by atoms with Crippen LogP contribution < -0.4 is 0 Å². The topological polar surface area (TPSA) is 112 Å². The van der Waals surface area contributed by atoms with E-state index < -0.39 is 17.8 Å². The lowest BCUT2D eigenvalue weighted by molar-refractivity contribution is -0.175. The van der Waals surface area contributed by atoms with Gasteiger partial charge in [0.25, 0.3) is 0 Å². The highest BCUT2D eigenvalue weighted by Crippen LogP contribution is 2.15. The Morgan fingerprint density at radius 1 is 1.00 bits per heavy atom. The van der Waals surface area contributed by atoms with E-state index in [0.717, 1.165) is 0 Å². The van der Waals surface area contributed by atoms with Crippen LogP contribution in [0.5, 0.6) is 0 Å². The molecule has 12 heavy (non-hydrogen) atoms. The Kier molecular flexibility index (Phi) is 3.20. The molecule has 0 aromatic carbocycles. The normalized spacial score (nSPS) is 16.2. The summed E-state index contributed by atoms with van der Waals surface area (Å²) in [6, 6.07) is 0. The molecule has 0 amide bonds. The van der Waals surface area contributed by atoms with Gasteiger partial charge >= 0.3 is 0 Å². The second kappa shape index (κ2) is 3.53. The molecule has 0 saturated carbocycles. The van der Waals surface area contributed by atoms with Crippen LogP contribution in [-0.4, -0.2) is 52.0 Å². The van der Waals surface area contributed by atoms with Crippen LogP contribution in [0, 0.1) is 0 Å². The molecule has 0 fully saturated rings. The first-order valence-electron chi connectivity index (χ1n) is 2.94. The van der Waals surface area contributed by atoms with Gasteiger partial charge in [-0.3, -0.25) is 14.4 Å². The molecule has 0 aromatic heterocycles. The van der Waals surface area contributed by atoms with Crippen LogP contribution in [-0.2, 0) is 14.4 Å². The molecule has 6 heteroatoms. The summed E-state index contributed by atoms with van der Waals surface area (Å²) in [5, 5.41) is 26.4. The van der Waals surface area contributed by atoms with Crippen molar-refractivity contribution in [1.82, 2.24) is 0 Å². The van der Waals surface area contributed by atoms with Gasteiger partial charge in [-0.25, -0.2) is 0 Å². The largest absolute Gasteiger partial charge is 0.393 e. The Labute approximate surface area is 67.4 Å². The molecule has 0 aliphatic rings. The maximum absolute atomic E-state index is 10.1. The third-order valence-electron chi connectivity index (χ3n) is 1.49. The molecule has 0 rings (SSSR count). The molecule has 1 atom stereocenters. The van der Waals surface area contributed by atoms with Gasteiger partial charge in [-0.2, -0.15) is 0 Å². The van der Waals surface area contributed by atoms with E-state index in [1.807, 2.05) is 0 Å². The van der Waals surface area contributed by atoms with Gasteiger partial charge in [0.1, 0.15) is 0 Å². The van der Waals surface area contributed by atoms with E-state index in [4.69, 9.17) is 15.3 Å². The molecule has 68 valence electrons. The molecule has 0 spiro atoms. The summed E-state index contributed by atoms with van der Waals surface area (Å²) in [4.78, 5) is 30.4. The number of aldehydes is 3. The van der Waals surface area contributed by atoms with Crippen LogP contribution in [0.3, 0.4) is 0 Å². The van der Waals surface area contributed by atoms with Gasteiger partial charge in [0, 0.05) is 0 Å². The minimum atomic E-state index is -2.89. The van der Waals surface area contributed by atoms with Crippen LogP contribution in [0.1, 0.15) is 0 Å². The maximum Gasteiger partial charge on any atom is 0.213 e. The first-order valence-corrected chi connectivity index (χ1v) is 2.94. The first kappa shape index (κ1) is 10.9. The fraction of sp³-hybridized carbons (Fsp3) is 0.500. The van der Waals surface area contributed by atoms with E-state index in [-0.39, 0.29) is 18.9 Å². The molecule has 0 radical (unpaired) electrons. The highest BCUT2D eigenvalue weighted by Gasteiger charge is 2.49. The van der Waals surface area contributed by atoms with Gasteiger partial charge in [0.15, 0.2) is 24.5 Å². The molecule has 0 bridgehead atoms. The average Bonchev–Trinajstić information content (AvgIpc) is 2.15. The predicted molar refractivity (Wildman–Crippen MR) is 35.2 cm³/mol. The molecule has 0 aliphatic carbocycles. The van der Waals surface area contributed by atoms with E-state index in [1.54, 1.807) is 0 Å². The van der Waals surface area contributed by atoms with Gasteiger partial charge in [-0.05, 0) is 0 Å². The second-order valence-corrected chi connectivity index (χ2v) is 2.26. The standard InChI is InChI=1S/C6H8O6/c7-1-5(11,2-8)6(12,3-9)4-10/h1-3,10-12H,4H2. The van der Waals surface area contributed by atoms with E-state index in [1.165, 1.54) is 0 Å². The van der Waals surface area contributed by atoms with Crippen LogP contribution in [0.25, 0.3) is 0 Å². The zero-order valence-corrected chi connectivity index (χ0v) is 6.01. The van der Waals surface area contributed by atoms with Crippen LogP contribution in [0.4, 0.5) is 0 Å². The minimum Gasteiger partial charge on any atom is -0.393 e. The summed E-state index contributed by atoms with van der Waals surface area (Å²) < 4.78 is 0. The highest BCUT2D eigenvalue weighted by molar-refractivity contribution is 5.95. The lowest BCUT2D eigenvalue weighted by atomic mass is 9.87. The number of aliphatic hydroxyl groups excluding tert-OH is 1. The van der Waals surface area contributed by atoms with Crippen LogP contribution in [0.15, 0.2) is 0 Å². The van der Waals surface area contributed by atoms with Crippen molar-refractivity contribution in [1.29, 1.82) is 0 Å². The fourth-order valence-corrected chi connectivity index (χ4v) is 0.490. The third-order valence-corrected chi connectivity index (χ3v) is 1.49. The fourth-order valence-electron chi connectivity index (χ4n) is 0.490. The van der Waals surface area contributed by atoms with Crippen molar-refractivity contribution in [3.63, 3.8) is 0 Å². The quantitative estimate of drug-likeness (QED) is 0.305. The van der Waals surface area contributed by atoms with Crippen molar-refractivity contribution < 1.29 is 29.7 Å². The van der Waals surface area contributed by atoms with E-state index in [9.17, 15) is 14.4 Å². The zero-order chi connectivity index (χ0) is 9.83. The smallest absolute Gasteiger partial charge is 0.213 e. The lowest BCUT2D eigenvalue weighted by Crippen LogP contribution is -2.60. The summed E-state index contributed by atoms with van der Waals surface area (Å²) >= 11 is 0. The van der Waals surface area contributed by atoms with Gasteiger partial charge in [-0.1, -0.05) is 0 Å². The molecule has 0 heterocycles. The Hall–Kier alpha value is -1.11. The lowest BCUT2D eigenvalue weighted by Gasteiger charge is -2.28. The number of rotatable bonds is 5. The first-order chi connectivity index (χ1) is 5.49. The number of carbonyl (C=O) groups is 3. The van der Waals surface area contributed by atoms with Crippen LogP contribution in [0.2, 0.25) is 0 Å². The average molecular weight is 176 g/mol. The van der Waals surface area contributed by atoms with Crippen LogP contribution >= 0.6 is 0 Å². The Morgan fingerprint density at radius 2 is 1.42 bits per heavy atom. The van der Waals surface area contributed by atoms with Crippen molar-refractivity contribution in [2.45, 2.75) is 11.2 Å². The summed E-state index contributed by atoms with van der Waals surface area (Å²) in [6.07, 6.45) is -0.898. The van der Waals surface area contributed by atoms with Crippen molar-refractivity contribution >= 4 is 18.9 Å². The van der Waals surface area contributed by atoms with Gasteiger partial charge in [0.05, 0.1) is 6.61 Å². The molecule has 0 aromatic rings. The predicted octanol–water partition coefficient (Wildman–Crippen LogP) is -2.96. The van der Waals surface area contributed by atoms with Gasteiger partial charge in [-0.15, -0.1) is 0 Å². The molecular formula is C6H8O6. The Morgan fingerprint density at radius 3 is 1.50 bits per heavy atom. The monoisotopic (exact) mass is 176 g/mol. The summed E-state index contributed by atoms with van der Waals surface area (Å²) in [5.74, 6) is 0. The van der Waals surface area contributed by atoms with E-state index in [2.05, 4.69) is 0 Å². The summed E-state index contributed by atoms with van der Waals surface area (Å²) in [7, 11) is 0. The molecule has 1 unspecified atom stereocenters. The molecule has 3 N–H and O–H groups in total. The van der Waals surface area contributed by atoms with Crippen molar-refractivity contribution in [3.05, 3.63) is 0 Å². The number of hydrogen-bond donors (Lipinski definition) is 3. The SMILES string of the molecule is O=CC(O)(C=O)C(O)(C=O)CO. The molecular weight excluding hydrogens is 168 g/mol. The highest BCUT2D eigenvalue weighted by atomic mass is 16.4. The molecule has 0 aliphatic heterocycles. The summed E-state index contributed by atoms with van der Waals surface area (Å²) in [5.41, 5.74) is -5.65. The maximum atomic E-state index is 10.1. The zero-order valence-electron chi connectivity index (χ0n) is 6.01. The Bertz CT molecular complexity index is 192. The van der Waals surface area contributed by atoms with Crippen molar-refractivity contribution in [3.8, 4) is 0 Å². The second-order valence-electron chi connectivity index (χ2n) is 2.26. The number of hydrogen-bond acceptors (Lipinski definition) is 6. The van der Waals surface area contributed by atoms with Gasteiger partial charge in [0.2, 0.25) is 5.60 Å². The van der Waals surface area contributed by atoms with E-state index in [0.29, 0.717) is 0 Å². The van der Waals surface area contributed by atoms with Crippen molar-refractivity contribution in [2.24, 2.45) is 0 Å².